The summed E-state index contributed by atoms with van der Waals surface area (Å²) in [5.41, 5.74) is 0.478. The molecule has 1 aromatic heterocycles. The summed E-state index contributed by atoms with van der Waals surface area (Å²) in [6.07, 6.45) is 0.845. The smallest absolute Gasteiger partial charge is 0.270 e. The Hall–Kier alpha value is -3.94. The lowest BCUT2D eigenvalue weighted by molar-refractivity contribution is -0.137. The van der Waals surface area contributed by atoms with Gasteiger partial charge in [0, 0.05) is 64.6 Å². The Balaban J connectivity index is 1.49. The summed E-state index contributed by atoms with van der Waals surface area (Å²) in [6, 6.07) is 3.50. The Morgan fingerprint density at radius 3 is 2.33 bits per heavy atom. The monoisotopic (exact) mass is 633 g/mol. The normalized spacial score (nSPS) is 18.6. The van der Waals surface area contributed by atoms with Crippen LogP contribution in [0.4, 0.5) is 18.9 Å². The molecule has 11 nitrogen and oxygen atoms in total. The van der Waals surface area contributed by atoms with Crippen LogP contribution < -0.4 is 16.0 Å². The summed E-state index contributed by atoms with van der Waals surface area (Å²) in [4.78, 5) is 55.9. The van der Waals surface area contributed by atoms with Crippen molar-refractivity contribution in [3.63, 3.8) is 0 Å². The van der Waals surface area contributed by atoms with Crippen molar-refractivity contribution in [2.24, 2.45) is 5.92 Å². The summed E-state index contributed by atoms with van der Waals surface area (Å²) < 4.78 is 44.7. The fraction of sp³-hybridized carbons (Fsp3) is 0.581. The molecule has 2 heterocycles. The standard InChI is InChI=1S/C31H42F3N7O4/c1-4-26(42)36-24(30(45)40-16-14-39(3)15-17-40)19-20-6-7-23(22(32)18-20)37-29(44)27(21-8-11-31(33,34)12-9-21)38-28(43)25-10-13-35-41(25)5-2/h6-7,10,13,18,21,24,27H,4-5,8-9,11-12,14-17,19H2,1-3H3,(H,36,42)(H,37,44)(H,38,43)/t24-,27+/m1/s1. The van der Waals surface area contributed by atoms with Crippen LogP contribution in [0.15, 0.2) is 30.5 Å². The van der Waals surface area contributed by atoms with E-state index in [1.54, 1.807) is 24.8 Å². The van der Waals surface area contributed by atoms with E-state index in [1.165, 1.54) is 29.1 Å². The van der Waals surface area contributed by atoms with Crippen LogP contribution in [0.1, 0.15) is 62.0 Å². The molecule has 1 aliphatic heterocycles. The van der Waals surface area contributed by atoms with Crippen LogP contribution in [-0.4, -0.2) is 94.4 Å². The lowest BCUT2D eigenvalue weighted by atomic mass is 9.81. The van der Waals surface area contributed by atoms with Crippen molar-refractivity contribution < 1.29 is 32.3 Å². The number of likely N-dealkylation sites (N-methyl/N-ethyl adjacent to an activating group) is 1. The minimum atomic E-state index is -2.84. The van der Waals surface area contributed by atoms with Gasteiger partial charge in [0.1, 0.15) is 23.6 Å². The molecule has 246 valence electrons. The van der Waals surface area contributed by atoms with Gasteiger partial charge in [-0.3, -0.25) is 23.9 Å². The topological polar surface area (TPSA) is 129 Å². The number of carbonyl (C=O) groups excluding carboxylic acids is 4. The van der Waals surface area contributed by atoms with Crippen LogP contribution in [0.25, 0.3) is 0 Å². The van der Waals surface area contributed by atoms with Crippen LogP contribution in [0.3, 0.4) is 0 Å². The Morgan fingerprint density at radius 1 is 1.02 bits per heavy atom. The predicted octanol–water partition coefficient (Wildman–Crippen LogP) is 2.82. The first kappa shape index (κ1) is 33.9. The molecule has 45 heavy (non-hydrogen) atoms. The number of aryl methyl sites for hydroxylation is 1. The Labute approximate surface area is 260 Å². The number of aromatic nitrogens is 2. The molecule has 0 unspecified atom stereocenters. The van der Waals surface area contributed by atoms with E-state index < -0.39 is 54.4 Å². The van der Waals surface area contributed by atoms with E-state index in [9.17, 15) is 28.0 Å². The van der Waals surface area contributed by atoms with E-state index in [1.807, 2.05) is 7.05 Å². The van der Waals surface area contributed by atoms with Crippen molar-refractivity contribution >= 4 is 29.3 Å². The molecule has 1 aromatic carbocycles. The van der Waals surface area contributed by atoms with Gasteiger partial charge in [-0.05, 0) is 56.5 Å². The van der Waals surface area contributed by atoms with Crippen molar-refractivity contribution in [1.82, 2.24) is 30.2 Å². The molecule has 1 saturated carbocycles. The fourth-order valence-electron chi connectivity index (χ4n) is 5.76. The second-order valence-electron chi connectivity index (χ2n) is 11.8. The Morgan fingerprint density at radius 2 is 1.71 bits per heavy atom. The summed E-state index contributed by atoms with van der Waals surface area (Å²) in [5, 5.41) is 12.0. The van der Waals surface area contributed by atoms with Gasteiger partial charge < -0.3 is 25.8 Å². The molecule has 3 N–H and O–H groups in total. The number of amides is 4. The molecule has 2 aromatic rings. The number of hydrogen-bond donors (Lipinski definition) is 3. The number of piperazine rings is 1. The molecule has 0 radical (unpaired) electrons. The number of carbonyl (C=O) groups is 4. The molecule has 2 atom stereocenters. The lowest BCUT2D eigenvalue weighted by Gasteiger charge is -2.35. The van der Waals surface area contributed by atoms with E-state index in [-0.39, 0.29) is 48.9 Å². The van der Waals surface area contributed by atoms with Gasteiger partial charge in [0.25, 0.3) is 5.91 Å². The second kappa shape index (κ2) is 14.9. The highest BCUT2D eigenvalue weighted by molar-refractivity contribution is 6.00. The van der Waals surface area contributed by atoms with Gasteiger partial charge in [-0.1, -0.05) is 13.0 Å². The van der Waals surface area contributed by atoms with E-state index >= 15 is 4.39 Å². The van der Waals surface area contributed by atoms with Gasteiger partial charge in [0.15, 0.2) is 0 Å². The van der Waals surface area contributed by atoms with Crippen LogP contribution in [0.5, 0.6) is 0 Å². The minimum Gasteiger partial charge on any atom is -0.344 e. The third-order valence-electron chi connectivity index (χ3n) is 8.55. The zero-order valence-corrected chi connectivity index (χ0v) is 26.0. The number of alkyl halides is 2. The number of rotatable bonds is 11. The average Bonchev–Trinajstić information content (AvgIpc) is 3.50. The molecule has 4 amide bonds. The first-order chi connectivity index (χ1) is 21.4. The molecule has 14 heteroatoms. The zero-order chi connectivity index (χ0) is 32.7. The molecule has 0 bridgehead atoms. The summed E-state index contributed by atoms with van der Waals surface area (Å²) in [6.45, 7) is 6.33. The second-order valence-corrected chi connectivity index (χ2v) is 11.8. The van der Waals surface area contributed by atoms with E-state index in [2.05, 4.69) is 25.9 Å². The van der Waals surface area contributed by atoms with Gasteiger partial charge in [0.05, 0.1) is 5.69 Å². The maximum atomic E-state index is 15.4. The summed E-state index contributed by atoms with van der Waals surface area (Å²) >= 11 is 0. The minimum absolute atomic E-state index is 0.00598. The average molecular weight is 634 g/mol. The number of benzene rings is 1. The number of anilines is 1. The summed E-state index contributed by atoms with van der Waals surface area (Å²) in [7, 11) is 1.97. The molecular weight excluding hydrogens is 591 g/mol. The molecule has 1 aliphatic carbocycles. The Bertz CT molecular complexity index is 1370. The van der Waals surface area contributed by atoms with Crippen molar-refractivity contribution in [1.29, 1.82) is 0 Å². The van der Waals surface area contributed by atoms with Crippen molar-refractivity contribution in [2.75, 3.05) is 38.5 Å². The number of halogens is 3. The molecule has 2 aliphatic rings. The van der Waals surface area contributed by atoms with Crippen LogP contribution in [-0.2, 0) is 27.3 Å². The largest absolute Gasteiger partial charge is 0.344 e. The van der Waals surface area contributed by atoms with Crippen molar-refractivity contribution in [3.8, 4) is 0 Å². The quantitative estimate of drug-likeness (QED) is 0.349. The molecule has 2 fully saturated rings. The van der Waals surface area contributed by atoms with Crippen molar-refractivity contribution in [2.45, 2.75) is 76.9 Å². The maximum Gasteiger partial charge on any atom is 0.270 e. The molecular formula is C31H42F3N7O4. The first-order valence-corrected chi connectivity index (χ1v) is 15.5. The summed E-state index contributed by atoms with van der Waals surface area (Å²) in [5.74, 6) is -6.08. The zero-order valence-electron chi connectivity index (χ0n) is 26.0. The van der Waals surface area contributed by atoms with E-state index in [0.29, 0.717) is 38.3 Å². The molecule has 4 rings (SSSR count). The third kappa shape index (κ3) is 8.83. The lowest BCUT2D eigenvalue weighted by Crippen LogP contribution is -2.54. The van der Waals surface area contributed by atoms with Crippen LogP contribution in [0.2, 0.25) is 0 Å². The highest BCUT2D eigenvalue weighted by Gasteiger charge is 2.41. The van der Waals surface area contributed by atoms with Gasteiger partial charge >= 0.3 is 0 Å². The number of nitrogens with zero attached hydrogens (tertiary/aromatic N) is 4. The van der Waals surface area contributed by atoms with Gasteiger partial charge in [-0.15, -0.1) is 0 Å². The molecule has 1 saturated heterocycles. The SMILES string of the molecule is CCC(=O)N[C@H](Cc1ccc(NC(=O)[C@@H](NC(=O)c2ccnn2CC)C2CCC(F)(F)CC2)c(F)c1)C(=O)N1CCN(C)CC1. The number of hydrogen-bond acceptors (Lipinski definition) is 6. The Kier molecular flexibility index (Phi) is 11.2. The predicted molar refractivity (Wildman–Crippen MR) is 161 cm³/mol. The highest BCUT2D eigenvalue weighted by atomic mass is 19.3. The highest BCUT2D eigenvalue weighted by Crippen LogP contribution is 2.38. The van der Waals surface area contributed by atoms with E-state index in [4.69, 9.17) is 0 Å². The van der Waals surface area contributed by atoms with Gasteiger partial charge in [-0.25, -0.2) is 13.2 Å². The van der Waals surface area contributed by atoms with Gasteiger partial charge in [0.2, 0.25) is 23.6 Å². The first-order valence-electron chi connectivity index (χ1n) is 15.5. The number of nitrogens with one attached hydrogen (secondary N) is 3. The third-order valence-corrected chi connectivity index (χ3v) is 8.55. The fourth-order valence-corrected chi connectivity index (χ4v) is 5.76. The van der Waals surface area contributed by atoms with Crippen LogP contribution in [0, 0.1) is 11.7 Å². The van der Waals surface area contributed by atoms with E-state index in [0.717, 1.165) is 0 Å². The molecule has 0 spiro atoms. The van der Waals surface area contributed by atoms with Crippen LogP contribution >= 0.6 is 0 Å². The van der Waals surface area contributed by atoms with Gasteiger partial charge in [-0.2, -0.15) is 5.10 Å². The van der Waals surface area contributed by atoms with Crippen molar-refractivity contribution in [3.05, 3.63) is 47.5 Å². The maximum absolute atomic E-state index is 15.4.